The van der Waals surface area contributed by atoms with E-state index >= 15 is 0 Å². The van der Waals surface area contributed by atoms with Crippen LogP contribution in [0.2, 0.25) is 0 Å². The summed E-state index contributed by atoms with van der Waals surface area (Å²) in [7, 11) is 1.70. The van der Waals surface area contributed by atoms with Crippen molar-refractivity contribution >= 4 is 5.91 Å². The van der Waals surface area contributed by atoms with Crippen molar-refractivity contribution in [1.29, 1.82) is 0 Å². The van der Waals surface area contributed by atoms with Crippen molar-refractivity contribution in [2.24, 2.45) is 11.7 Å². The van der Waals surface area contributed by atoms with E-state index in [2.05, 4.69) is 17.1 Å². The molecule has 2 unspecified atom stereocenters. The van der Waals surface area contributed by atoms with Crippen LogP contribution in [0.15, 0.2) is 0 Å². The minimum absolute atomic E-state index is 0.144. The molecule has 1 saturated carbocycles. The summed E-state index contributed by atoms with van der Waals surface area (Å²) in [5.74, 6) is 0.795. The van der Waals surface area contributed by atoms with Crippen molar-refractivity contribution in [3.05, 3.63) is 0 Å². The summed E-state index contributed by atoms with van der Waals surface area (Å²) < 4.78 is 0. The highest BCUT2D eigenvalue weighted by molar-refractivity contribution is 5.75. The van der Waals surface area contributed by atoms with Crippen LogP contribution in [0, 0.1) is 5.92 Å². The molecule has 0 aromatic carbocycles. The van der Waals surface area contributed by atoms with Crippen molar-refractivity contribution in [3.63, 3.8) is 0 Å². The molecule has 3 N–H and O–H groups in total. The molecule has 18 heavy (non-hydrogen) atoms. The van der Waals surface area contributed by atoms with Gasteiger partial charge >= 0.3 is 0 Å². The Bertz CT molecular complexity index is 245. The highest BCUT2D eigenvalue weighted by Gasteiger charge is 2.28. The van der Waals surface area contributed by atoms with Gasteiger partial charge in [0.1, 0.15) is 0 Å². The number of nitrogens with two attached hydrogens (primary N) is 1. The monoisotopic (exact) mass is 255 g/mol. The molecule has 1 fully saturated rings. The highest BCUT2D eigenvalue weighted by atomic mass is 16.1. The first-order valence-corrected chi connectivity index (χ1v) is 7.37. The first-order chi connectivity index (χ1) is 8.72. The van der Waals surface area contributed by atoms with E-state index in [9.17, 15) is 4.79 Å². The fourth-order valence-corrected chi connectivity index (χ4v) is 3.07. The van der Waals surface area contributed by atoms with Gasteiger partial charge in [-0.15, -0.1) is 0 Å². The zero-order chi connectivity index (χ0) is 13.4. The van der Waals surface area contributed by atoms with E-state index in [-0.39, 0.29) is 5.91 Å². The highest BCUT2D eigenvalue weighted by Crippen LogP contribution is 2.27. The maximum atomic E-state index is 11.2. The third-order valence-corrected chi connectivity index (χ3v) is 4.17. The van der Waals surface area contributed by atoms with Crippen LogP contribution in [0.1, 0.15) is 45.4 Å². The SMILES string of the molecule is CCN(CCCC(=O)NC)C1CCCCC1CN. The van der Waals surface area contributed by atoms with Gasteiger partial charge in [0.05, 0.1) is 0 Å². The Morgan fingerprint density at radius 2 is 2.11 bits per heavy atom. The van der Waals surface area contributed by atoms with Gasteiger partial charge < -0.3 is 16.0 Å². The number of hydrogen-bond acceptors (Lipinski definition) is 3. The van der Waals surface area contributed by atoms with Crippen LogP contribution in [0.5, 0.6) is 0 Å². The number of hydrogen-bond donors (Lipinski definition) is 2. The smallest absolute Gasteiger partial charge is 0.219 e. The number of carbonyl (C=O) groups excluding carboxylic acids is 1. The third kappa shape index (κ3) is 4.58. The van der Waals surface area contributed by atoms with Crippen molar-refractivity contribution < 1.29 is 4.79 Å². The molecule has 0 aromatic heterocycles. The molecule has 0 aliphatic heterocycles. The molecule has 0 aromatic rings. The molecule has 0 radical (unpaired) electrons. The Balaban J connectivity index is 2.40. The zero-order valence-corrected chi connectivity index (χ0v) is 12.0. The molecule has 4 heteroatoms. The number of amides is 1. The molecule has 4 nitrogen and oxygen atoms in total. The molecular weight excluding hydrogens is 226 g/mol. The lowest BCUT2D eigenvalue weighted by molar-refractivity contribution is -0.120. The Kier molecular flexibility index (Phi) is 7.28. The second kappa shape index (κ2) is 8.48. The number of nitrogens with zero attached hydrogens (tertiary/aromatic N) is 1. The van der Waals surface area contributed by atoms with E-state index in [4.69, 9.17) is 5.73 Å². The average Bonchev–Trinajstić information content (AvgIpc) is 2.43. The number of rotatable bonds is 7. The summed E-state index contributed by atoms with van der Waals surface area (Å²) in [6.07, 6.45) is 6.78. The summed E-state index contributed by atoms with van der Waals surface area (Å²) in [5.41, 5.74) is 5.89. The quantitative estimate of drug-likeness (QED) is 0.722. The van der Waals surface area contributed by atoms with Crippen LogP contribution in [0.4, 0.5) is 0 Å². The van der Waals surface area contributed by atoms with Crippen LogP contribution < -0.4 is 11.1 Å². The van der Waals surface area contributed by atoms with Crippen LogP contribution in [0.3, 0.4) is 0 Å². The van der Waals surface area contributed by atoms with Gasteiger partial charge in [0.15, 0.2) is 0 Å². The van der Waals surface area contributed by atoms with Gasteiger partial charge in [0.25, 0.3) is 0 Å². The standard InChI is InChI=1S/C14H29N3O/c1-3-17(10-6-9-14(18)16-2)13-8-5-4-7-12(13)11-15/h12-13H,3-11,15H2,1-2H3,(H,16,18). The minimum Gasteiger partial charge on any atom is -0.359 e. The molecule has 0 saturated heterocycles. The van der Waals surface area contributed by atoms with Crippen molar-refractivity contribution in [2.75, 3.05) is 26.7 Å². The Morgan fingerprint density at radius 3 is 2.72 bits per heavy atom. The van der Waals surface area contributed by atoms with Gasteiger partial charge in [-0.2, -0.15) is 0 Å². The van der Waals surface area contributed by atoms with Crippen molar-refractivity contribution in [3.8, 4) is 0 Å². The summed E-state index contributed by atoms with van der Waals surface area (Å²) in [6.45, 7) is 5.10. The van der Waals surface area contributed by atoms with Crippen LogP contribution in [-0.4, -0.2) is 43.5 Å². The van der Waals surface area contributed by atoms with Crippen LogP contribution in [0.25, 0.3) is 0 Å². The lowest BCUT2D eigenvalue weighted by Crippen LogP contribution is -2.45. The van der Waals surface area contributed by atoms with Gasteiger partial charge in [-0.3, -0.25) is 4.79 Å². The van der Waals surface area contributed by atoms with Crippen molar-refractivity contribution in [1.82, 2.24) is 10.2 Å². The van der Waals surface area contributed by atoms with E-state index in [1.807, 2.05) is 0 Å². The zero-order valence-electron chi connectivity index (χ0n) is 12.0. The van der Waals surface area contributed by atoms with Gasteiger partial charge in [-0.05, 0) is 44.8 Å². The molecule has 1 amide bonds. The van der Waals surface area contributed by atoms with Gasteiger partial charge in [-0.1, -0.05) is 19.8 Å². The topological polar surface area (TPSA) is 58.4 Å². The van der Waals surface area contributed by atoms with Gasteiger partial charge in [0, 0.05) is 19.5 Å². The number of nitrogens with one attached hydrogen (secondary N) is 1. The maximum absolute atomic E-state index is 11.2. The number of carbonyl (C=O) groups is 1. The molecule has 1 aliphatic rings. The second-order valence-corrected chi connectivity index (χ2v) is 5.25. The fourth-order valence-electron chi connectivity index (χ4n) is 3.07. The van der Waals surface area contributed by atoms with Crippen LogP contribution in [-0.2, 0) is 4.79 Å². The van der Waals surface area contributed by atoms with Crippen molar-refractivity contribution in [2.45, 2.75) is 51.5 Å². The largest absolute Gasteiger partial charge is 0.359 e. The van der Waals surface area contributed by atoms with E-state index in [0.29, 0.717) is 18.4 Å². The fraction of sp³-hybridized carbons (Fsp3) is 0.929. The first kappa shape index (κ1) is 15.4. The molecule has 1 rings (SSSR count). The van der Waals surface area contributed by atoms with E-state index in [0.717, 1.165) is 26.1 Å². The lowest BCUT2D eigenvalue weighted by Gasteiger charge is -2.39. The Hall–Kier alpha value is -0.610. The van der Waals surface area contributed by atoms with E-state index in [1.165, 1.54) is 25.7 Å². The predicted molar refractivity (Wildman–Crippen MR) is 75.3 cm³/mol. The van der Waals surface area contributed by atoms with Gasteiger partial charge in [0.2, 0.25) is 5.91 Å². The normalized spacial score (nSPS) is 24.2. The summed E-state index contributed by atoms with van der Waals surface area (Å²) in [4.78, 5) is 13.8. The maximum Gasteiger partial charge on any atom is 0.219 e. The predicted octanol–water partition coefficient (Wildman–Crippen LogP) is 1.35. The molecule has 2 atom stereocenters. The molecular formula is C14H29N3O. The molecule has 0 spiro atoms. The Morgan fingerprint density at radius 1 is 1.39 bits per heavy atom. The minimum atomic E-state index is 0.144. The summed E-state index contributed by atoms with van der Waals surface area (Å²) >= 11 is 0. The molecule has 0 bridgehead atoms. The van der Waals surface area contributed by atoms with Crippen LogP contribution >= 0.6 is 0 Å². The summed E-state index contributed by atoms with van der Waals surface area (Å²) in [6, 6.07) is 0.637. The lowest BCUT2D eigenvalue weighted by atomic mass is 9.83. The molecule has 0 heterocycles. The van der Waals surface area contributed by atoms with E-state index < -0.39 is 0 Å². The van der Waals surface area contributed by atoms with Gasteiger partial charge in [-0.25, -0.2) is 0 Å². The average molecular weight is 255 g/mol. The first-order valence-electron chi connectivity index (χ1n) is 7.37. The molecule has 106 valence electrons. The molecule has 1 aliphatic carbocycles. The summed E-state index contributed by atoms with van der Waals surface area (Å²) in [5, 5.41) is 2.68. The third-order valence-electron chi connectivity index (χ3n) is 4.17. The second-order valence-electron chi connectivity index (χ2n) is 5.25. The Labute approximate surface area is 111 Å². The van der Waals surface area contributed by atoms with E-state index in [1.54, 1.807) is 7.05 Å².